The number of rotatable bonds is 7. The fraction of sp³-hybridized carbons (Fsp3) is 0.857. The van der Waals surface area contributed by atoms with E-state index in [9.17, 15) is 13.2 Å². The molecule has 0 aliphatic carbocycles. The molecule has 0 saturated heterocycles. The Morgan fingerprint density at radius 2 is 2.00 bits per heavy atom. The molecule has 0 aromatic carbocycles. The Morgan fingerprint density at radius 1 is 1.43 bits per heavy atom. The molecular weight excluding hydrogens is 208 g/mol. The van der Waals surface area contributed by atoms with E-state index in [1.165, 1.54) is 6.92 Å². The van der Waals surface area contributed by atoms with Gasteiger partial charge in [0.05, 0.1) is 6.26 Å². The van der Waals surface area contributed by atoms with E-state index in [-0.39, 0.29) is 0 Å². The molecule has 6 nitrogen and oxygen atoms in total. The van der Waals surface area contributed by atoms with Gasteiger partial charge in [-0.2, -0.15) is 0 Å². The van der Waals surface area contributed by atoms with Crippen LogP contribution in [-0.2, 0) is 14.8 Å². The Balaban J connectivity index is 3.44. The SMILES string of the molecule is CC(NCCCNS(C)(=O)=O)C(=O)O. The highest BCUT2D eigenvalue weighted by atomic mass is 32.2. The van der Waals surface area contributed by atoms with Gasteiger partial charge in [0.15, 0.2) is 0 Å². The predicted molar refractivity (Wildman–Crippen MR) is 52.6 cm³/mol. The summed E-state index contributed by atoms with van der Waals surface area (Å²) in [6.45, 7) is 2.32. The Labute approximate surface area is 83.7 Å². The third kappa shape index (κ3) is 7.96. The van der Waals surface area contributed by atoms with Crippen molar-refractivity contribution in [1.29, 1.82) is 0 Å². The summed E-state index contributed by atoms with van der Waals surface area (Å²) in [6.07, 6.45) is 1.64. The molecule has 1 atom stereocenters. The largest absolute Gasteiger partial charge is 0.480 e. The van der Waals surface area contributed by atoms with E-state index in [1.54, 1.807) is 0 Å². The lowest BCUT2D eigenvalue weighted by Crippen LogP contribution is -2.35. The van der Waals surface area contributed by atoms with Gasteiger partial charge in [-0.05, 0) is 19.9 Å². The number of carboxylic acids is 1. The van der Waals surface area contributed by atoms with Crippen LogP contribution in [0.3, 0.4) is 0 Å². The fourth-order valence-electron chi connectivity index (χ4n) is 0.752. The van der Waals surface area contributed by atoms with Crippen molar-refractivity contribution >= 4 is 16.0 Å². The van der Waals surface area contributed by atoms with Crippen molar-refractivity contribution in [1.82, 2.24) is 10.0 Å². The van der Waals surface area contributed by atoms with E-state index in [0.717, 1.165) is 6.26 Å². The molecule has 14 heavy (non-hydrogen) atoms. The molecule has 0 bridgehead atoms. The van der Waals surface area contributed by atoms with Gasteiger partial charge in [0.1, 0.15) is 6.04 Å². The average molecular weight is 224 g/mol. The van der Waals surface area contributed by atoms with Crippen LogP contribution >= 0.6 is 0 Å². The van der Waals surface area contributed by atoms with Gasteiger partial charge < -0.3 is 10.4 Å². The molecule has 0 heterocycles. The van der Waals surface area contributed by atoms with Crippen molar-refractivity contribution in [3.05, 3.63) is 0 Å². The lowest BCUT2D eigenvalue weighted by atomic mass is 10.3. The summed E-state index contributed by atoms with van der Waals surface area (Å²) < 4.78 is 23.5. The number of sulfonamides is 1. The average Bonchev–Trinajstić information content (AvgIpc) is 2.01. The summed E-state index contributed by atoms with van der Waals surface area (Å²) in [4.78, 5) is 10.3. The third-order valence-electron chi connectivity index (χ3n) is 1.54. The van der Waals surface area contributed by atoms with Crippen molar-refractivity contribution < 1.29 is 18.3 Å². The maximum Gasteiger partial charge on any atom is 0.320 e. The first-order valence-corrected chi connectivity index (χ1v) is 6.13. The zero-order valence-electron chi connectivity index (χ0n) is 8.28. The second-order valence-corrected chi connectivity index (χ2v) is 4.87. The molecule has 0 aromatic heterocycles. The molecule has 7 heteroatoms. The summed E-state index contributed by atoms with van der Waals surface area (Å²) in [7, 11) is -3.14. The van der Waals surface area contributed by atoms with E-state index in [1.807, 2.05) is 0 Å². The van der Waals surface area contributed by atoms with Gasteiger partial charge in [-0.25, -0.2) is 13.1 Å². The van der Waals surface area contributed by atoms with Crippen LogP contribution in [0.15, 0.2) is 0 Å². The zero-order valence-corrected chi connectivity index (χ0v) is 9.10. The van der Waals surface area contributed by atoms with Crippen molar-refractivity contribution in [3.8, 4) is 0 Å². The monoisotopic (exact) mass is 224 g/mol. The van der Waals surface area contributed by atoms with Gasteiger partial charge in [-0.1, -0.05) is 0 Å². The standard InChI is InChI=1S/C7H16N2O4S/c1-6(7(10)11)8-4-3-5-9-14(2,12)13/h6,8-9H,3-5H2,1-2H3,(H,10,11). The Bertz CT molecular complexity index is 275. The Kier molecular flexibility index (Phi) is 5.66. The molecule has 3 N–H and O–H groups in total. The molecule has 0 fully saturated rings. The predicted octanol–water partition coefficient (Wildman–Crippen LogP) is -1.01. The Hall–Kier alpha value is -0.660. The maximum absolute atomic E-state index is 10.6. The minimum Gasteiger partial charge on any atom is -0.480 e. The number of nitrogens with one attached hydrogen (secondary N) is 2. The number of aliphatic carboxylic acids is 1. The molecule has 0 aliphatic heterocycles. The summed E-state index contributed by atoms with van der Waals surface area (Å²) in [5.74, 6) is -0.916. The first kappa shape index (κ1) is 13.3. The van der Waals surface area contributed by atoms with Crippen LogP contribution in [0.2, 0.25) is 0 Å². The van der Waals surface area contributed by atoms with Crippen LogP contribution in [0.5, 0.6) is 0 Å². The van der Waals surface area contributed by atoms with Crippen molar-refractivity contribution in [3.63, 3.8) is 0 Å². The molecule has 0 amide bonds. The van der Waals surface area contributed by atoms with E-state index in [0.29, 0.717) is 19.5 Å². The molecule has 0 radical (unpaired) electrons. The summed E-state index contributed by atoms with van der Waals surface area (Å²) in [6, 6.07) is -0.603. The minimum atomic E-state index is -3.14. The second-order valence-electron chi connectivity index (χ2n) is 3.03. The number of hydrogen-bond donors (Lipinski definition) is 3. The first-order valence-electron chi connectivity index (χ1n) is 4.24. The van der Waals surface area contributed by atoms with E-state index < -0.39 is 22.0 Å². The van der Waals surface area contributed by atoms with Gasteiger partial charge >= 0.3 is 5.97 Å². The van der Waals surface area contributed by atoms with Gasteiger partial charge in [0.25, 0.3) is 0 Å². The highest BCUT2D eigenvalue weighted by molar-refractivity contribution is 7.88. The van der Waals surface area contributed by atoms with E-state index >= 15 is 0 Å². The lowest BCUT2D eigenvalue weighted by Gasteiger charge is -2.08. The minimum absolute atomic E-state index is 0.318. The van der Waals surface area contributed by atoms with Crippen molar-refractivity contribution in [2.24, 2.45) is 0 Å². The topological polar surface area (TPSA) is 95.5 Å². The van der Waals surface area contributed by atoms with Crippen LogP contribution in [0.1, 0.15) is 13.3 Å². The molecule has 1 unspecified atom stereocenters. The highest BCUT2D eigenvalue weighted by Crippen LogP contribution is 1.83. The number of carboxylic acid groups (broad SMARTS) is 1. The van der Waals surface area contributed by atoms with Crippen molar-refractivity contribution in [2.75, 3.05) is 19.3 Å². The van der Waals surface area contributed by atoms with Crippen LogP contribution in [0, 0.1) is 0 Å². The van der Waals surface area contributed by atoms with Gasteiger partial charge in [0.2, 0.25) is 10.0 Å². The lowest BCUT2D eigenvalue weighted by molar-refractivity contribution is -0.138. The molecule has 0 aromatic rings. The third-order valence-corrected chi connectivity index (χ3v) is 2.27. The number of carbonyl (C=O) groups is 1. The van der Waals surface area contributed by atoms with Crippen LogP contribution < -0.4 is 10.0 Å². The first-order chi connectivity index (χ1) is 6.33. The quantitative estimate of drug-likeness (QED) is 0.481. The molecule has 84 valence electrons. The van der Waals surface area contributed by atoms with Gasteiger partial charge in [-0.3, -0.25) is 4.79 Å². The van der Waals surface area contributed by atoms with Gasteiger partial charge in [0, 0.05) is 6.54 Å². The van der Waals surface area contributed by atoms with Crippen LogP contribution in [-0.4, -0.2) is 44.9 Å². The zero-order chi connectivity index (χ0) is 11.2. The highest BCUT2D eigenvalue weighted by Gasteiger charge is 2.08. The normalized spacial score (nSPS) is 13.9. The molecule has 0 spiro atoms. The summed E-state index contributed by atoms with van der Waals surface area (Å²) >= 11 is 0. The second kappa shape index (κ2) is 5.94. The van der Waals surface area contributed by atoms with Gasteiger partial charge in [-0.15, -0.1) is 0 Å². The van der Waals surface area contributed by atoms with Crippen molar-refractivity contribution in [2.45, 2.75) is 19.4 Å². The van der Waals surface area contributed by atoms with E-state index in [4.69, 9.17) is 5.11 Å². The molecule has 0 saturated carbocycles. The molecule has 0 aliphatic rings. The number of hydrogen-bond acceptors (Lipinski definition) is 4. The van der Waals surface area contributed by atoms with Crippen LogP contribution in [0.4, 0.5) is 0 Å². The summed E-state index contributed by atoms with van der Waals surface area (Å²) in [5, 5.41) is 11.2. The Morgan fingerprint density at radius 3 is 2.43 bits per heavy atom. The smallest absolute Gasteiger partial charge is 0.320 e. The van der Waals surface area contributed by atoms with E-state index in [2.05, 4.69) is 10.0 Å². The maximum atomic E-state index is 10.6. The summed E-state index contributed by atoms with van der Waals surface area (Å²) in [5.41, 5.74) is 0. The molecular formula is C7H16N2O4S. The fourth-order valence-corrected chi connectivity index (χ4v) is 1.27. The van der Waals surface area contributed by atoms with Crippen LogP contribution in [0.25, 0.3) is 0 Å². The molecule has 0 rings (SSSR count).